The van der Waals surface area contributed by atoms with Gasteiger partial charge in [0.25, 0.3) is 6.33 Å². The molecule has 0 radical (unpaired) electrons. The summed E-state index contributed by atoms with van der Waals surface area (Å²) in [4.78, 5) is 8.77. The minimum absolute atomic E-state index is 0.932. The fourth-order valence-corrected chi connectivity index (χ4v) is 3.75. The van der Waals surface area contributed by atoms with Crippen LogP contribution in [0.3, 0.4) is 0 Å². The molecule has 0 fully saturated rings. The van der Waals surface area contributed by atoms with Gasteiger partial charge in [0.2, 0.25) is 11.9 Å². The zero-order chi connectivity index (χ0) is 19.9. The Hall–Kier alpha value is -4.25. The van der Waals surface area contributed by atoms with Gasteiger partial charge >= 0.3 is 0 Å². The van der Waals surface area contributed by atoms with Gasteiger partial charge in [0.1, 0.15) is 17.4 Å². The van der Waals surface area contributed by atoms with Crippen molar-refractivity contribution in [3.63, 3.8) is 0 Å². The first-order valence-corrected chi connectivity index (χ1v) is 9.77. The molecule has 5 heteroatoms. The second kappa shape index (κ2) is 6.67. The van der Waals surface area contributed by atoms with Gasteiger partial charge in [0, 0.05) is 46.5 Å². The van der Waals surface area contributed by atoms with Crippen LogP contribution in [-0.2, 0) is 0 Å². The van der Waals surface area contributed by atoms with Gasteiger partial charge in [0.05, 0.1) is 5.39 Å². The van der Waals surface area contributed by atoms with E-state index in [-0.39, 0.29) is 0 Å². The van der Waals surface area contributed by atoms with Crippen LogP contribution >= 0.6 is 0 Å². The Morgan fingerprint density at radius 2 is 1.57 bits per heavy atom. The number of para-hydroxylation sites is 1. The topological polar surface area (TPSA) is 46.4 Å². The molecule has 0 atom stereocenters. The number of rotatable bonds is 2. The zero-order valence-electron chi connectivity index (χ0n) is 16.1. The van der Waals surface area contributed by atoms with Crippen LogP contribution < -0.4 is 9.25 Å². The Labute approximate surface area is 172 Å². The standard InChI is InChI=1S/C25H17N5/c1-2-4-24-20(3-1)16-29(17-27-24)22-7-8-25-19(13-22)10-12-30(28-25)23-6-5-18-9-11-26-15-21(18)14-23/h1-17H/q+2. The molecule has 5 nitrogen and oxygen atoms in total. The minimum Gasteiger partial charge on any atom is -0.264 e. The zero-order valence-corrected chi connectivity index (χ0v) is 16.1. The lowest BCUT2D eigenvalue weighted by molar-refractivity contribution is -0.657. The third kappa shape index (κ3) is 2.84. The third-order valence-corrected chi connectivity index (χ3v) is 5.34. The van der Waals surface area contributed by atoms with E-state index in [4.69, 9.17) is 5.10 Å². The Morgan fingerprint density at radius 1 is 0.667 bits per heavy atom. The molecule has 0 aliphatic carbocycles. The average molecular weight is 387 g/mol. The first kappa shape index (κ1) is 16.7. The predicted octanol–water partition coefficient (Wildman–Crippen LogP) is 3.88. The van der Waals surface area contributed by atoms with Crippen LogP contribution in [0.15, 0.2) is 104 Å². The molecule has 0 aliphatic rings. The highest BCUT2D eigenvalue weighted by molar-refractivity contribution is 5.83. The monoisotopic (exact) mass is 387 g/mol. The number of fused-ring (bicyclic) bond motifs is 3. The van der Waals surface area contributed by atoms with Crippen LogP contribution in [0.5, 0.6) is 0 Å². The Bertz CT molecular complexity index is 1440. The van der Waals surface area contributed by atoms with E-state index in [0.29, 0.717) is 0 Å². The highest BCUT2D eigenvalue weighted by Crippen LogP contribution is 2.16. The Balaban J connectivity index is 1.41. The number of nitrogens with zero attached hydrogens (tertiary/aromatic N) is 5. The number of aromatic nitrogens is 5. The van der Waals surface area contributed by atoms with E-state index in [2.05, 4.69) is 58.6 Å². The van der Waals surface area contributed by atoms with Gasteiger partial charge in [-0.2, -0.15) is 0 Å². The quantitative estimate of drug-likeness (QED) is 0.424. The van der Waals surface area contributed by atoms with E-state index in [1.165, 1.54) is 5.39 Å². The molecule has 0 unspecified atom stereocenters. The molecule has 140 valence electrons. The van der Waals surface area contributed by atoms with Gasteiger partial charge in [-0.3, -0.25) is 4.98 Å². The summed E-state index contributed by atoms with van der Waals surface area (Å²) >= 11 is 0. The first-order chi connectivity index (χ1) is 14.8. The van der Waals surface area contributed by atoms with Crippen molar-refractivity contribution >= 4 is 32.6 Å². The van der Waals surface area contributed by atoms with Crippen LogP contribution in [0.4, 0.5) is 0 Å². The highest BCUT2D eigenvalue weighted by atomic mass is 15.3. The largest absolute Gasteiger partial charge is 0.291 e. The van der Waals surface area contributed by atoms with E-state index in [0.717, 1.165) is 38.6 Å². The van der Waals surface area contributed by atoms with Crippen LogP contribution in [-0.4, -0.2) is 15.1 Å². The molecule has 30 heavy (non-hydrogen) atoms. The molecule has 0 amide bonds. The summed E-state index contributed by atoms with van der Waals surface area (Å²) in [7, 11) is 0. The van der Waals surface area contributed by atoms with Crippen molar-refractivity contribution < 1.29 is 9.25 Å². The van der Waals surface area contributed by atoms with Crippen molar-refractivity contribution in [1.82, 2.24) is 15.1 Å². The van der Waals surface area contributed by atoms with E-state index in [1.807, 2.05) is 64.5 Å². The van der Waals surface area contributed by atoms with Gasteiger partial charge < -0.3 is 0 Å². The summed E-state index contributed by atoms with van der Waals surface area (Å²) in [6.45, 7) is 0. The molecule has 3 aromatic heterocycles. The molecule has 0 N–H and O–H groups in total. The lowest BCUT2D eigenvalue weighted by Gasteiger charge is -2.02. The molecule has 0 spiro atoms. The molecule has 3 aromatic carbocycles. The molecule has 0 aliphatic heterocycles. The van der Waals surface area contributed by atoms with Gasteiger partial charge in [-0.25, -0.2) is 4.57 Å². The fraction of sp³-hybridized carbons (Fsp3) is 0. The summed E-state index contributed by atoms with van der Waals surface area (Å²) in [6.07, 6.45) is 9.63. The van der Waals surface area contributed by atoms with Crippen molar-refractivity contribution in [2.75, 3.05) is 0 Å². The normalized spacial score (nSPS) is 11.3. The van der Waals surface area contributed by atoms with Crippen LogP contribution in [0.2, 0.25) is 0 Å². The molecule has 3 heterocycles. The molecule has 0 bridgehead atoms. The van der Waals surface area contributed by atoms with E-state index >= 15 is 0 Å². The van der Waals surface area contributed by atoms with Gasteiger partial charge in [-0.15, -0.1) is 0 Å². The molecular formula is C25H17N5+2. The summed E-state index contributed by atoms with van der Waals surface area (Å²) in [6, 6.07) is 24.8. The molecular weight excluding hydrogens is 370 g/mol. The SMILES string of the molecule is c1ccc2nc[n+](-c3ccc4n[n+](-c5ccc6ccncc6c5)ccc4c3)cc2c1. The van der Waals surface area contributed by atoms with E-state index in [9.17, 15) is 0 Å². The molecule has 6 rings (SSSR count). The predicted molar refractivity (Wildman–Crippen MR) is 115 cm³/mol. The summed E-state index contributed by atoms with van der Waals surface area (Å²) in [5.41, 5.74) is 3.98. The number of pyridine rings is 1. The summed E-state index contributed by atoms with van der Waals surface area (Å²) in [5.74, 6) is 0. The maximum atomic E-state index is 4.81. The third-order valence-electron chi connectivity index (χ3n) is 5.34. The van der Waals surface area contributed by atoms with Crippen molar-refractivity contribution in [1.29, 1.82) is 0 Å². The van der Waals surface area contributed by atoms with Gasteiger partial charge in [-0.05, 0) is 52.8 Å². The Kier molecular flexibility index (Phi) is 3.71. The molecule has 0 saturated heterocycles. The second-order valence-electron chi connectivity index (χ2n) is 7.25. The molecule has 6 aromatic rings. The maximum Gasteiger partial charge on any atom is 0.291 e. The minimum atomic E-state index is 0.932. The smallest absolute Gasteiger partial charge is 0.264 e. The van der Waals surface area contributed by atoms with Crippen molar-refractivity contribution in [2.24, 2.45) is 0 Å². The van der Waals surface area contributed by atoms with Crippen molar-refractivity contribution in [3.05, 3.63) is 104 Å². The summed E-state index contributed by atoms with van der Waals surface area (Å²) in [5, 5.41) is 9.26. The Morgan fingerprint density at radius 3 is 2.57 bits per heavy atom. The van der Waals surface area contributed by atoms with Gasteiger partial charge in [0.15, 0.2) is 5.52 Å². The number of benzene rings is 3. The maximum absolute atomic E-state index is 4.81. The fourth-order valence-electron chi connectivity index (χ4n) is 3.75. The number of hydrogen-bond donors (Lipinski definition) is 0. The molecule has 0 saturated carbocycles. The van der Waals surface area contributed by atoms with Crippen molar-refractivity contribution in [2.45, 2.75) is 0 Å². The van der Waals surface area contributed by atoms with Crippen molar-refractivity contribution in [3.8, 4) is 11.4 Å². The lowest BCUT2D eigenvalue weighted by Crippen LogP contribution is -2.34. The lowest BCUT2D eigenvalue weighted by atomic mass is 10.1. The summed E-state index contributed by atoms with van der Waals surface area (Å²) < 4.78 is 3.94. The van der Waals surface area contributed by atoms with E-state index in [1.54, 1.807) is 0 Å². The first-order valence-electron chi connectivity index (χ1n) is 9.77. The van der Waals surface area contributed by atoms with Crippen LogP contribution in [0, 0.1) is 0 Å². The average Bonchev–Trinajstić information content (AvgIpc) is 2.83. The second-order valence-corrected chi connectivity index (χ2v) is 7.25. The van der Waals surface area contributed by atoms with Crippen LogP contribution in [0.25, 0.3) is 44.0 Å². The van der Waals surface area contributed by atoms with Gasteiger partial charge in [-0.1, -0.05) is 16.8 Å². The number of hydrogen-bond acceptors (Lipinski definition) is 3. The van der Waals surface area contributed by atoms with E-state index < -0.39 is 0 Å². The highest BCUT2D eigenvalue weighted by Gasteiger charge is 2.13. The van der Waals surface area contributed by atoms with Crippen LogP contribution in [0.1, 0.15) is 0 Å².